The molecule has 2 unspecified atom stereocenters. The second kappa shape index (κ2) is 5.62. The molecule has 0 amide bonds. The molecule has 0 aromatic carbocycles. The Labute approximate surface area is 98.0 Å². The number of hydrogen-bond donors (Lipinski definition) is 1. The minimum atomic E-state index is -0.319. The van der Waals surface area contributed by atoms with Gasteiger partial charge in [-0.25, -0.2) is 0 Å². The molecular weight excluding hydrogens is 200 g/mol. The molecule has 0 bridgehead atoms. The molecule has 0 aromatic heterocycles. The van der Waals surface area contributed by atoms with Crippen LogP contribution in [0.5, 0.6) is 0 Å². The highest BCUT2D eigenvalue weighted by Crippen LogP contribution is 2.19. The summed E-state index contributed by atoms with van der Waals surface area (Å²) >= 11 is 0. The molecule has 2 aliphatic rings. The smallest absolute Gasteiger partial charge is 0.106 e. The van der Waals surface area contributed by atoms with Gasteiger partial charge in [-0.1, -0.05) is 6.42 Å². The molecule has 0 aliphatic carbocycles. The third kappa shape index (κ3) is 2.94. The monoisotopic (exact) mass is 222 g/mol. The van der Waals surface area contributed by atoms with Crippen molar-refractivity contribution < 1.29 is 0 Å². The van der Waals surface area contributed by atoms with Gasteiger partial charge in [0.2, 0.25) is 0 Å². The SMILES string of the molecule is N#CC(N)CN1CCC(N2CCCCC2)C1. The van der Waals surface area contributed by atoms with E-state index in [0.717, 1.165) is 19.6 Å². The van der Waals surface area contributed by atoms with Crippen LogP contribution in [0.15, 0.2) is 0 Å². The average molecular weight is 222 g/mol. The van der Waals surface area contributed by atoms with Gasteiger partial charge < -0.3 is 5.73 Å². The van der Waals surface area contributed by atoms with Gasteiger partial charge >= 0.3 is 0 Å². The number of rotatable bonds is 3. The van der Waals surface area contributed by atoms with E-state index in [4.69, 9.17) is 11.0 Å². The predicted molar refractivity (Wildman–Crippen MR) is 63.9 cm³/mol. The van der Waals surface area contributed by atoms with Gasteiger partial charge in [-0.05, 0) is 38.9 Å². The standard InChI is InChI=1S/C12H22N4/c13-8-11(14)9-15-7-4-12(10-15)16-5-2-1-3-6-16/h11-12H,1-7,9-10,14H2. The number of nitriles is 1. The molecule has 2 atom stereocenters. The fraction of sp³-hybridized carbons (Fsp3) is 0.917. The largest absolute Gasteiger partial charge is 0.315 e. The van der Waals surface area contributed by atoms with Crippen molar-refractivity contribution in [1.82, 2.24) is 9.80 Å². The molecular formula is C12H22N4. The van der Waals surface area contributed by atoms with Crippen molar-refractivity contribution in [1.29, 1.82) is 5.26 Å². The Bertz CT molecular complexity index is 254. The molecule has 0 radical (unpaired) electrons. The summed E-state index contributed by atoms with van der Waals surface area (Å²) in [5, 5.41) is 8.70. The molecule has 16 heavy (non-hydrogen) atoms. The summed E-state index contributed by atoms with van der Waals surface area (Å²) in [4.78, 5) is 4.97. The lowest BCUT2D eigenvalue weighted by Crippen LogP contribution is -2.42. The van der Waals surface area contributed by atoms with Crippen LogP contribution in [0.3, 0.4) is 0 Å². The van der Waals surface area contributed by atoms with Crippen molar-refractivity contribution in [3.05, 3.63) is 0 Å². The van der Waals surface area contributed by atoms with E-state index in [9.17, 15) is 0 Å². The van der Waals surface area contributed by atoms with Crippen LogP contribution in [-0.2, 0) is 0 Å². The summed E-state index contributed by atoms with van der Waals surface area (Å²) in [7, 11) is 0. The molecule has 4 heteroatoms. The number of nitrogens with two attached hydrogens (primary N) is 1. The molecule has 2 rings (SSSR count). The van der Waals surface area contributed by atoms with Crippen molar-refractivity contribution in [3.8, 4) is 6.07 Å². The lowest BCUT2D eigenvalue weighted by atomic mass is 10.1. The van der Waals surface area contributed by atoms with Gasteiger partial charge in [0.15, 0.2) is 0 Å². The molecule has 0 saturated carbocycles. The quantitative estimate of drug-likeness (QED) is 0.751. The third-order valence-electron chi connectivity index (χ3n) is 3.78. The molecule has 2 fully saturated rings. The van der Waals surface area contributed by atoms with Crippen molar-refractivity contribution in [2.45, 2.75) is 37.8 Å². The first-order valence-corrected chi connectivity index (χ1v) is 6.41. The second-order valence-corrected chi connectivity index (χ2v) is 5.03. The fourth-order valence-electron chi connectivity index (χ4n) is 2.88. The maximum Gasteiger partial charge on any atom is 0.106 e. The van der Waals surface area contributed by atoms with E-state index in [1.165, 1.54) is 38.8 Å². The van der Waals surface area contributed by atoms with E-state index in [1.807, 2.05) is 0 Å². The number of likely N-dealkylation sites (tertiary alicyclic amines) is 2. The minimum Gasteiger partial charge on any atom is -0.315 e. The van der Waals surface area contributed by atoms with Gasteiger partial charge in [0.25, 0.3) is 0 Å². The van der Waals surface area contributed by atoms with Crippen molar-refractivity contribution >= 4 is 0 Å². The fourth-order valence-corrected chi connectivity index (χ4v) is 2.88. The Morgan fingerprint density at radius 2 is 2.00 bits per heavy atom. The summed E-state index contributed by atoms with van der Waals surface area (Å²) in [5.41, 5.74) is 5.66. The van der Waals surface area contributed by atoms with E-state index in [1.54, 1.807) is 0 Å². The summed E-state index contributed by atoms with van der Waals surface area (Å²) in [6.45, 7) is 5.48. The lowest BCUT2D eigenvalue weighted by Gasteiger charge is -2.32. The van der Waals surface area contributed by atoms with Gasteiger partial charge in [-0.15, -0.1) is 0 Å². The van der Waals surface area contributed by atoms with Crippen LogP contribution < -0.4 is 5.73 Å². The van der Waals surface area contributed by atoms with Crippen molar-refractivity contribution in [2.75, 3.05) is 32.7 Å². The molecule has 2 N–H and O–H groups in total. The second-order valence-electron chi connectivity index (χ2n) is 5.03. The first-order chi connectivity index (χ1) is 7.79. The zero-order valence-electron chi connectivity index (χ0n) is 9.94. The molecule has 0 spiro atoms. The Kier molecular flexibility index (Phi) is 4.16. The summed E-state index contributed by atoms with van der Waals surface area (Å²) in [6, 6.07) is 2.50. The van der Waals surface area contributed by atoms with Crippen LogP contribution in [0.4, 0.5) is 0 Å². The number of hydrogen-bond acceptors (Lipinski definition) is 4. The van der Waals surface area contributed by atoms with Gasteiger partial charge in [0.1, 0.15) is 6.04 Å². The van der Waals surface area contributed by atoms with Crippen LogP contribution >= 0.6 is 0 Å². The lowest BCUT2D eigenvalue weighted by molar-refractivity contribution is 0.162. The molecule has 90 valence electrons. The molecule has 2 heterocycles. The Balaban J connectivity index is 1.76. The first-order valence-electron chi connectivity index (χ1n) is 6.41. The maximum atomic E-state index is 8.70. The normalized spacial score (nSPS) is 30.1. The maximum absolute atomic E-state index is 8.70. The van der Waals surface area contributed by atoms with Crippen LogP contribution in [0.1, 0.15) is 25.7 Å². The Hall–Kier alpha value is -0.630. The Morgan fingerprint density at radius 3 is 2.69 bits per heavy atom. The van der Waals surface area contributed by atoms with Gasteiger partial charge in [-0.2, -0.15) is 5.26 Å². The first kappa shape index (κ1) is 11.8. The summed E-state index contributed by atoms with van der Waals surface area (Å²) < 4.78 is 0. The number of piperidine rings is 1. The molecule has 2 aliphatic heterocycles. The molecule has 0 aromatic rings. The van der Waals surface area contributed by atoms with E-state index in [2.05, 4.69) is 15.9 Å². The summed E-state index contributed by atoms with van der Waals surface area (Å²) in [6.07, 6.45) is 5.35. The van der Waals surface area contributed by atoms with Gasteiger partial charge in [0.05, 0.1) is 6.07 Å². The highest BCUT2D eigenvalue weighted by molar-refractivity contribution is 4.92. The van der Waals surface area contributed by atoms with Crippen LogP contribution in [0, 0.1) is 11.3 Å². The molecule has 4 nitrogen and oxygen atoms in total. The van der Waals surface area contributed by atoms with Gasteiger partial charge in [0, 0.05) is 19.1 Å². The van der Waals surface area contributed by atoms with Crippen LogP contribution in [0.25, 0.3) is 0 Å². The minimum absolute atomic E-state index is 0.319. The van der Waals surface area contributed by atoms with E-state index < -0.39 is 0 Å². The summed E-state index contributed by atoms with van der Waals surface area (Å²) in [5.74, 6) is 0. The van der Waals surface area contributed by atoms with E-state index in [-0.39, 0.29) is 6.04 Å². The van der Waals surface area contributed by atoms with Crippen molar-refractivity contribution in [3.63, 3.8) is 0 Å². The average Bonchev–Trinajstić information content (AvgIpc) is 2.78. The topological polar surface area (TPSA) is 56.3 Å². The van der Waals surface area contributed by atoms with Crippen LogP contribution in [-0.4, -0.2) is 54.6 Å². The van der Waals surface area contributed by atoms with Crippen LogP contribution in [0.2, 0.25) is 0 Å². The third-order valence-corrected chi connectivity index (χ3v) is 3.78. The zero-order valence-corrected chi connectivity index (χ0v) is 9.94. The van der Waals surface area contributed by atoms with E-state index >= 15 is 0 Å². The highest BCUT2D eigenvalue weighted by Gasteiger charge is 2.28. The Morgan fingerprint density at radius 1 is 1.25 bits per heavy atom. The van der Waals surface area contributed by atoms with E-state index in [0.29, 0.717) is 6.04 Å². The van der Waals surface area contributed by atoms with Gasteiger partial charge in [-0.3, -0.25) is 9.80 Å². The zero-order chi connectivity index (χ0) is 11.4. The van der Waals surface area contributed by atoms with Crippen molar-refractivity contribution in [2.24, 2.45) is 5.73 Å². The predicted octanol–water partition coefficient (Wildman–Crippen LogP) is 0.397. The highest BCUT2D eigenvalue weighted by atomic mass is 15.3. The molecule has 2 saturated heterocycles. The number of nitrogens with zero attached hydrogens (tertiary/aromatic N) is 3.